The molecule has 0 N–H and O–H groups in total. The topological polar surface area (TPSA) is 72.9 Å². The Morgan fingerprint density at radius 1 is 0.774 bits per heavy atom. The van der Waals surface area contributed by atoms with Gasteiger partial charge in [0.25, 0.3) is 0 Å². The molecule has 31 heavy (non-hydrogen) atoms. The molecule has 1 amide bonds. The molecule has 0 atom stereocenters. The molecule has 0 bridgehead atoms. The third-order valence-corrected chi connectivity index (χ3v) is 4.35. The minimum atomic E-state index is -0.288. The molecule has 0 aliphatic rings. The number of carbonyl (C=O) groups excluding carboxylic acids is 3. The van der Waals surface area contributed by atoms with Crippen molar-refractivity contribution in [2.75, 3.05) is 19.7 Å². The highest BCUT2D eigenvalue weighted by Gasteiger charge is 2.12. The van der Waals surface area contributed by atoms with E-state index < -0.39 is 0 Å². The van der Waals surface area contributed by atoms with Crippen LogP contribution in [-0.2, 0) is 25.7 Å². The number of hydrogen-bond acceptors (Lipinski definition) is 5. The van der Waals surface area contributed by atoms with Gasteiger partial charge in [0.05, 0.1) is 18.6 Å². The predicted octanol–water partition coefficient (Wildman–Crippen LogP) is 4.63. The Morgan fingerprint density at radius 3 is 1.90 bits per heavy atom. The highest BCUT2D eigenvalue weighted by atomic mass is 16.5. The summed E-state index contributed by atoms with van der Waals surface area (Å²) < 4.78 is 10.1. The zero-order valence-electron chi connectivity index (χ0n) is 18.7. The summed E-state index contributed by atoms with van der Waals surface area (Å²) in [6, 6.07) is 18.6. The number of ether oxygens (including phenoxy) is 2. The van der Waals surface area contributed by atoms with Crippen molar-refractivity contribution in [1.82, 2.24) is 4.90 Å². The Bertz CT molecular complexity index is 773. The van der Waals surface area contributed by atoms with E-state index in [2.05, 4.69) is 0 Å². The molecule has 0 unspecified atom stereocenters. The molecule has 0 aliphatic carbocycles. The first-order valence-corrected chi connectivity index (χ1v) is 10.7. The number of amides is 1. The molecule has 0 spiro atoms. The van der Waals surface area contributed by atoms with Crippen LogP contribution in [0.15, 0.2) is 60.7 Å². The van der Waals surface area contributed by atoms with Crippen LogP contribution in [0.5, 0.6) is 0 Å². The van der Waals surface area contributed by atoms with Crippen LogP contribution < -0.4 is 0 Å². The minimum absolute atomic E-state index is 0.0217. The molecule has 0 aromatic heterocycles. The molecule has 0 fully saturated rings. The van der Waals surface area contributed by atoms with Crippen molar-refractivity contribution in [1.29, 1.82) is 0 Å². The van der Waals surface area contributed by atoms with Crippen molar-refractivity contribution in [3.63, 3.8) is 0 Å². The maximum Gasteiger partial charge on any atom is 0.338 e. The van der Waals surface area contributed by atoms with Crippen LogP contribution in [0.2, 0.25) is 0 Å². The van der Waals surface area contributed by atoms with E-state index in [1.54, 1.807) is 17.0 Å². The highest BCUT2D eigenvalue weighted by molar-refractivity contribution is 5.89. The largest absolute Gasteiger partial charge is 0.466 e. The summed E-state index contributed by atoms with van der Waals surface area (Å²) >= 11 is 0. The zero-order valence-corrected chi connectivity index (χ0v) is 18.7. The molecule has 0 heterocycles. The van der Waals surface area contributed by atoms with Gasteiger partial charge in [-0.2, -0.15) is 0 Å². The summed E-state index contributed by atoms with van der Waals surface area (Å²) in [5.74, 6) is -0.546. The van der Waals surface area contributed by atoms with Gasteiger partial charge in [0.15, 0.2) is 0 Å². The number of benzene rings is 2. The van der Waals surface area contributed by atoms with Gasteiger partial charge >= 0.3 is 11.9 Å². The fraction of sp³-hybridized carbons (Fsp3) is 0.400. The maximum absolute atomic E-state index is 11.6. The molecule has 0 aliphatic heterocycles. The molecule has 2 rings (SSSR count). The van der Waals surface area contributed by atoms with Gasteiger partial charge in [-0.1, -0.05) is 55.5 Å². The Morgan fingerprint density at radius 2 is 1.35 bits per heavy atom. The van der Waals surface area contributed by atoms with Gasteiger partial charge in [0, 0.05) is 19.5 Å². The summed E-state index contributed by atoms with van der Waals surface area (Å²) in [4.78, 5) is 35.9. The Hall–Kier alpha value is -3.15. The summed E-state index contributed by atoms with van der Waals surface area (Å²) in [7, 11) is 0. The second-order valence-electron chi connectivity index (χ2n) is 6.71. The molecular weight excluding hydrogens is 394 g/mol. The van der Waals surface area contributed by atoms with Gasteiger partial charge in [-0.25, -0.2) is 4.79 Å². The van der Waals surface area contributed by atoms with Crippen LogP contribution in [-0.4, -0.2) is 42.4 Å². The lowest BCUT2D eigenvalue weighted by Crippen LogP contribution is -2.30. The van der Waals surface area contributed by atoms with E-state index in [0.29, 0.717) is 31.9 Å². The van der Waals surface area contributed by atoms with Gasteiger partial charge in [-0.3, -0.25) is 9.59 Å². The molecule has 0 radical (unpaired) electrons. The lowest BCUT2D eigenvalue weighted by molar-refractivity contribution is -0.146. The first kappa shape index (κ1) is 25.9. The number of esters is 2. The van der Waals surface area contributed by atoms with Crippen LogP contribution in [0.1, 0.15) is 56.0 Å². The van der Waals surface area contributed by atoms with Gasteiger partial charge in [-0.15, -0.1) is 0 Å². The van der Waals surface area contributed by atoms with E-state index in [1.165, 1.54) is 0 Å². The fourth-order valence-corrected chi connectivity index (χ4v) is 2.61. The quantitative estimate of drug-likeness (QED) is 0.517. The van der Waals surface area contributed by atoms with Crippen LogP contribution in [0, 0.1) is 0 Å². The van der Waals surface area contributed by atoms with E-state index in [1.807, 2.05) is 69.3 Å². The van der Waals surface area contributed by atoms with E-state index in [4.69, 9.17) is 9.47 Å². The van der Waals surface area contributed by atoms with Crippen LogP contribution >= 0.6 is 0 Å². The summed E-state index contributed by atoms with van der Waals surface area (Å²) in [5, 5.41) is 0. The molecule has 2 aromatic rings. The summed E-state index contributed by atoms with van der Waals surface area (Å²) in [6.45, 7) is 7.94. The number of nitrogens with zero attached hydrogens (tertiary/aromatic N) is 1. The molecule has 0 saturated heterocycles. The van der Waals surface area contributed by atoms with Crippen molar-refractivity contribution in [3.05, 3.63) is 71.8 Å². The van der Waals surface area contributed by atoms with Crippen LogP contribution in [0.3, 0.4) is 0 Å². The Balaban J connectivity index is 0.000000311. The van der Waals surface area contributed by atoms with Gasteiger partial charge in [0.1, 0.15) is 6.61 Å². The molecule has 6 heteroatoms. The van der Waals surface area contributed by atoms with Crippen LogP contribution in [0.25, 0.3) is 0 Å². The summed E-state index contributed by atoms with van der Waals surface area (Å²) in [5.41, 5.74) is 1.57. The first-order chi connectivity index (χ1) is 15.0. The predicted molar refractivity (Wildman–Crippen MR) is 120 cm³/mol. The fourth-order valence-electron chi connectivity index (χ4n) is 2.61. The molecule has 168 valence electrons. The number of hydrogen-bond donors (Lipinski definition) is 0. The van der Waals surface area contributed by atoms with Crippen molar-refractivity contribution < 1.29 is 23.9 Å². The zero-order chi connectivity index (χ0) is 22.9. The lowest BCUT2D eigenvalue weighted by Gasteiger charge is -2.18. The van der Waals surface area contributed by atoms with Gasteiger partial charge < -0.3 is 14.4 Å². The summed E-state index contributed by atoms with van der Waals surface area (Å²) in [6.07, 6.45) is 1.26. The SMILES string of the molecule is CCCOC(=O)CCC(=O)N(CC)CC.O=C(OCc1ccccc1)c1ccccc1. The monoisotopic (exact) mass is 427 g/mol. The van der Waals surface area contributed by atoms with E-state index in [0.717, 1.165) is 12.0 Å². The standard InChI is InChI=1S/C14H12O2.C11H21NO3/c15-14(13-9-5-2-6-10-13)16-11-12-7-3-1-4-8-12;1-4-9-15-11(14)8-7-10(13)12(5-2)6-3/h1-10H,11H2;4-9H2,1-3H3. The van der Waals surface area contributed by atoms with E-state index in [9.17, 15) is 14.4 Å². The van der Waals surface area contributed by atoms with E-state index in [-0.39, 0.29) is 30.7 Å². The maximum atomic E-state index is 11.6. The molecule has 0 saturated carbocycles. The lowest BCUT2D eigenvalue weighted by atomic mass is 10.2. The molecule has 2 aromatic carbocycles. The van der Waals surface area contributed by atoms with Crippen molar-refractivity contribution in [3.8, 4) is 0 Å². The Labute approximate surface area is 185 Å². The third kappa shape index (κ3) is 11.0. The molecule has 6 nitrogen and oxygen atoms in total. The number of rotatable bonds is 10. The van der Waals surface area contributed by atoms with Crippen molar-refractivity contribution >= 4 is 17.8 Å². The Kier molecular flexibility index (Phi) is 13.1. The van der Waals surface area contributed by atoms with Gasteiger partial charge in [0.2, 0.25) is 5.91 Å². The second kappa shape index (κ2) is 15.7. The average molecular weight is 428 g/mol. The minimum Gasteiger partial charge on any atom is -0.466 e. The second-order valence-corrected chi connectivity index (χ2v) is 6.71. The van der Waals surface area contributed by atoms with Crippen molar-refractivity contribution in [2.24, 2.45) is 0 Å². The average Bonchev–Trinajstić information content (AvgIpc) is 2.82. The smallest absolute Gasteiger partial charge is 0.338 e. The first-order valence-electron chi connectivity index (χ1n) is 10.7. The van der Waals surface area contributed by atoms with Gasteiger partial charge in [-0.05, 0) is 38.0 Å². The normalized spacial score (nSPS) is 9.77. The van der Waals surface area contributed by atoms with Crippen LogP contribution in [0.4, 0.5) is 0 Å². The number of carbonyl (C=O) groups is 3. The van der Waals surface area contributed by atoms with Crippen molar-refractivity contribution in [2.45, 2.75) is 46.6 Å². The van der Waals surface area contributed by atoms with E-state index >= 15 is 0 Å². The highest BCUT2D eigenvalue weighted by Crippen LogP contribution is 2.05. The third-order valence-electron chi connectivity index (χ3n) is 4.35. The molecular formula is C25H33NO5.